The molecule has 0 spiro atoms. The Morgan fingerprint density at radius 2 is 1.85 bits per heavy atom. The Morgan fingerprint density at radius 1 is 1.23 bits per heavy atom. The van der Waals surface area contributed by atoms with Gasteiger partial charge in [-0.05, 0) is 12.1 Å². The summed E-state index contributed by atoms with van der Waals surface area (Å²) in [6, 6.07) is 9.77. The quantitative estimate of drug-likeness (QED) is 0.256. The Hall–Kier alpha value is -1.72. The van der Waals surface area contributed by atoms with Gasteiger partial charge in [-0.2, -0.15) is 0 Å². The first-order valence-corrected chi connectivity index (χ1v) is 8.32. The summed E-state index contributed by atoms with van der Waals surface area (Å²) in [5.74, 6) is -0.336. The van der Waals surface area contributed by atoms with E-state index in [1.165, 1.54) is 0 Å². The van der Waals surface area contributed by atoms with Gasteiger partial charge in [0.25, 0.3) is 0 Å². The van der Waals surface area contributed by atoms with E-state index in [-0.39, 0.29) is 17.1 Å². The van der Waals surface area contributed by atoms with Crippen LogP contribution in [0.25, 0.3) is 11.0 Å². The Bertz CT molecular complexity index is 864. The van der Waals surface area contributed by atoms with E-state index in [9.17, 15) is 0 Å². The summed E-state index contributed by atoms with van der Waals surface area (Å²) in [5, 5.41) is 1.02. The first-order valence-electron chi connectivity index (χ1n) is 6.99. The summed E-state index contributed by atoms with van der Waals surface area (Å²) in [6.07, 6.45) is 5.29. The zero-order valence-electron chi connectivity index (χ0n) is 13.8. The molecule has 9 nitrogen and oxygen atoms in total. The molecule has 0 amide bonds. The molecule has 0 saturated carbocycles. The predicted molar refractivity (Wildman–Crippen MR) is 84.6 cm³/mol. The maximum atomic E-state index is 8.52. The summed E-state index contributed by atoms with van der Waals surface area (Å²) < 4.78 is 53.1. The Morgan fingerprint density at radius 3 is 2.35 bits per heavy atom. The van der Waals surface area contributed by atoms with Gasteiger partial charge in [-0.3, -0.25) is 8.42 Å². The molecule has 0 aliphatic carbocycles. The molecule has 3 rings (SSSR count). The first kappa shape index (κ1) is 22.3. The van der Waals surface area contributed by atoms with Crippen molar-refractivity contribution in [2.45, 2.75) is 12.3 Å². The van der Waals surface area contributed by atoms with Gasteiger partial charge in [0.05, 0.1) is 12.9 Å². The van der Waals surface area contributed by atoms with Gasteiger partial charge in [0.1, 0.15) is 5.58 Å². The SMILES string of the molecule is COC(Cn1ccnc1)(OC)c1cc2ccccc2o1.O=S(=O)([O-])[O-].[Cu+2]. The fraction of sp³-hybridized carbons (Fsp3) is 0.267. The number of fused-ring (bicyclic) bond motifs is 1. The van der Waals surface area contributed by atoms with Gasteiger partial charge in [-0.15, -0.1) is 0 Å². The van der Waals surface area contributed by atoms with E-state index in [1.54, 1.807) is 26.7 Å². The molecule has 2 heterocycles. The van der Waals surface area contributed by atoms with Crippen LogP contribution >= 0.6 is 0 Å². The van der Waals surface area contributed by atoms with Crippen molar-refractivity contribution in [2.75, 3.05) is 14.2 Å². The molecular weight excluding hydrogens is 416 g/mol. The zero-order valence-corrected chi connectivity index (χ0v) is 15.5. The van der Waals surface area contributed by atoms with Gasteiger partial charge in [-0.1, -0.05) is 18.2 Å². The normalized spacial score (nSPS) is 11.5. The van der Waals surface area contributed by atoms with Gasteiger partial charge in [0.2, 0.25) is 5.79 Å². The standard InChI is InChI=1S/C15H16N2O3.Cu.H2O4S/c1-18-15(19-2,10-17-8-7-16-11-17)14-9-12-5-3-4-6-13(12)20-14;;1-5(2,3)4/h3-9,11H,10H2,1-2H3;;(H2,1,2,3,4)/q;+2;/p-2. The number of hydrogen-bond acceptors (Lipinski definition) is 8. The molecule has 0 aliphatic heterocycles. The summed E-state index contributed by atoms with van der Waals surface area (Å²) in [4.78, 5) is 4.03. The molecule has 0 atom stereocenters. The third-order valence-corrected chi connectivity index (χ3v) is 3.41. The van der Waals surface area contributed by atoms with Crippen molar-refractivity contribution in [2.24, 2.45) is 0 Å². The first-order chi connectivity index (χ1) is 11.8. The van der Waals surface area contributed by atoms with Crippen molar-refractivity contribution >= 4 is 21.4 Å². The summed E-state index contributed by atoms with van der Waals surface area (Å²) in [7, 11) is -1.96. The third-order valence-electron chi connectivity index (χ3n) is 3.41. The molecule has 0 N–H and O–H groups in total. The van der Waals surface area contributed by atoms with Crippen LogP contribution in [0.3, 0.4) is 0 Å². The van der Waals surface area contributed by atoms with E-state index in [2.05, 4.69) is 4.98 Å². The van der Waals surface area contributed by atoms with Crippen molar-refractivity contribution in [1.29, 1.82) is 0 Å². The van der Waals surface area contributed by atoms with Gasteiger partial charge in [0, 0.05) is 42.4 Å². The topological polar surface area (TPSA) is 130 Å². The maximum absolute atomic E-state index is 8.52. The molecule has 0 saturated heterocycles. The largest absolute Gasteiger partial charge is 2.00 e. The Balaban J connectivity index is 0.000000501. The number of rotatable bonds is 5. The van der Waals surface area contributed by atoms with Gasteiger partial charge in [0.15, 0.2) is 5.76 Å². The Labute approximate surface area is 161 Å². The van der Waals surface area contributed by atoms with Crippen LogP contribution in [0.4, 0.5) is 0 Å². The second-order valence-electron chi connectivity index (χ2n) is 4.95. The molecular formula is C15H16CuN2O7S. The minimum atomic E-state index is -5.17. The van der Waals surface area contributed by atoms with Crippen LogP contribution in [0, 0.1) is 0 Å². The van der Waals surface area contributed by atoms with Gasteiger partial charge < -0.3 is 27.6 Å². The second-order valence-corrected chi connectivity index (χ2v) is 5.77. The third kappa shape index (κ3) is 5.92. The number of ether oxygens (including phenoxy) is 2. The number of benzene rings is 1. The number of aromatic nitrogens is 2. The van der Waals surface area contributed by atoms with Crippen molar-refractivity contribution in [3.8, 4) is 0 Å². The monoisotopic (exact) mass is 431 g/mol. The number of para-hydroxylation sites is 1. The summed E-state index contributed by atoms with van der Waals surface area (Å²) in [5.41, 5.74) is 0.812. The minimum Gasteiger partial charge on any atom is -0.759 e. The molecule has 11 heteroatoms. The molecule has 1 aromatic carbocycles. The van der Waals surface area contributed by atoms with Crippen molar-refractivity contribution in [3.63, 3.8) is 0 Å². The summed E-state index contributed by atoms with van der Waals surface area (Å²) in [6.45, 7) is 0.458. The molecule has 0 fully saturated rings. The smallest absolute Gasteiger partial charge is 0.759 e. The van der Waals surface area contributed by atoms with Crippen LogP contribution in [0.15, 0.2) is 53.5 Å². The number of imidazole rings is 1. The molecule has 3 aromatic rings. The number of furan rings is 1. The van der Waals surface area contributed by atoms with Crippen LogP contribution in [-0.2, 0) is 49.3 Å². The molecule has 0 aliphatic rings. The Kier molecular flexibility index (Phi) is 7.97. The van der Waals surface area contributed by atoms with E-state index in [0.717, 1.165) is 11.0 Å². The predicted octanol–water partition coefficient (Wildman–Crippen LogP) is 1.43. The maximum Gasteiger partial charge on any atom is 2.00 e. The molecule has 26 heavy (non-hydrogen) atoms. The van der Waals surface area contributed by atoms with E-state index in [0.29, 0.717) is 12.3 Å². The molecule has 145 valence electrons. The van der Waals surface area contributed by atoms with Crippen molar-refractivity contribution < 1.29 is 48.5 Å². The van der Waals surface area contributed by atoms with E-state index < -0.39 is 16.2 Å². The van der Waals surface area contributed by atoms with Gasteiger partial charge in [-0.25, -0.2) is 4.98 Å². The van der Waals surface area contributed by atoms with Crippen LogP contribution < -0.4 is 0 Å². The van der Waals surface area contributed by atoms with Gasteiger partial charge >= 0.3 is 17.1 Å². The fourth-order valence-corrected chi connectivity index (χ4v) is 2.28. The van der Waals surface area contributed by atoms with Crippen molar-refractivity contribution in [1.82, 2.24) is 9.55 Å². The van der Waals surface area contributed by atoms with Crippen LogP contribution in [-0.4, -0.2) is 41.3 Å². The summed E-state index contributed by atoms with van der Waals surface area (Å²) >= 11 is 0. The molecule has 0 bridgehead atoms. The van der Waals surface area contributed by atoms with E-state index in [4.69, 9.17) is 31.4 Å². The average Bonchev–Trinajstić information content (AvgIpc) is 3.20. The van der Waals surface area contributed by atoms with Crippen molar-refractivity contribution in [3.05, 3.63) is 54.8 Å². The van der Waals surface area contributed by atoms with Crippen LogP contribution in [0.1, 0.15) is 5.76 Å². The fourth-order valence-electron chi connectivity index (χ4n) is 2.28. The molecule has 2 aromatic heterocycles. The number of nitrogens with zero attached hydrogens (tertiary/aromatic N) is 2. The second kappa shape index (κ2) is 9.28. The van der Waals surface area contributed by atoms with E-state index >= 15 is 0 Å². The van der Waals surface area contributed by atoms with Crippen LogP contribution in [0.5, 0.6) is 0 Å². The number of hydrogen-bond donors (Lipinski definition) is 0. The average molecular weight is 432 g/mol. The van der Waals surface area contributed by atoms with Crippen LogP contribution in [0.2, 0.25) is 0 Å². The zero-order chi connectivity index (χ0) is 18.5. The molecule has 1 radical (unpaired) electrons. The molecule has 0 unspecified atom stereocenters. The number of methoxy groups -OCH3 is 2. The minimum absolute atomic E-state index is 0. The van der Waals surface area contributed by atoms with E-state index in [1.807, 2.05) is 41.1 Å².